The number of halogens is 1. The van der Waals surface area contributed by atoms with Gasteiger partial charge in [-0.25, -0.2) is 17.9 Å². The summed E-state index contributed by atoms with van der Waals surface area (Å²) in [4.78, 5) is 19.0. The second-order valence-corrected chi connectivity index (χ2v) is 9.76. The minimum Gasteiger partial charge on any atom is -0.406 e. The third-order valence-corrected chi connectivity index (χ3v) is 7.13. The summed E-state index contributed by atoms with van der Waals surface area (Å²) in [5, 5.41) is 0.400. The van der Waals surface area contributed by atoms with Crippen LogP contribution in [0.2, 0.25) is 5.02 Å². The van der Waals surface area contributed by atoms with Crippen LogP contribution in [0.15, 0.2) is 56.6 Å². The average Bonchev–Trinajstić information content (AvgIpc) is 3.14. The van der Waals surface area contributed by atoms with Gasteiger partial charge in [0.2, 0.25) is 10.0 Å². The number of hydrogen-bond acceptors (Lipinski definition) is 6. The van der Waals surface area contributed by atoms with Crippen molar-refractivity contribution in [3.8, 4) is 0 Å². The largest absolute Gasteiger partial charge is 0.417 e. The van der Waals surface area contributed by atoms with Crippen molar-refractivity contribution in [1.82, 2.24) is 14.6 Å². The SMILES string of the molecule is O=c1[nH]c2cccc(N3CCN(CCCCNS(=O)(=O)c4cccc(Cl)c4)CC3)c2o1. The fraction of sp³-hybridized carbons (Fsp3) is 0.381. The summed E-state index contributed by atoms with van der Waals surface area (Å²) in [7, 11) is -3.53. The molecular formula is C21H25ClN4O4S. The van der Waals surface area contributed by atoms with E-state index in [-0.39, 0.29) is 4.90 Å². The van der Waals surface area contributed by atoms with E-state index in [0.717, 1.165) is 51.3 Å². The summed E-state index contributed by atoms with van der Waals surface area (Å²) < 4.78 is 32.5. The van der Waals surface area contributed by atoms with Crippen LogP contribution in [0.5, 0.6) is 0 Å². The van der Waals surface area contributed by atoms with Crippen molar-refractivity contribution in [3.63, 3.8) is 0 Å². The highest BCUT2D eigenvalue weighted by Crippen LogP contribution is 2.25. The number of H-pyrrole nitrogens is 1. The molecule has 3 aromatic rings. The number of nitrogens with one attached hydrogen (secondary N) is 2. The maximum absolute atomic E-state index is 12.3. The highest BCUT2D eigenvalue weighted by atomic mass is 35.5. The lowest BCUT2D eigenvalue weighted by molar-refractivity contribution is 0.253. The zero-order valence-electron chi connectivity index (χ0n) is 17.0. The Hall–Kier alpha value is -2.33. The molecule has 1 aliphatic rings. The molecule has 4 rings (SSSR count). The van der Waals surface area contributed by atoms with Gasteiger partial charge in [0.25, 0.3) is 0 Å². The summed E-state index contributed by atoms with van der Waals surface area (Å²) >= 11 is 5.88. The monoisotopic (exact) mass is 464 g/mol. The Morgan fingerprint density at radius 3 is 2.61 bits per heavy atom. The van der Waals surface area contributed by atoms with Gasteiger partial charge in [-0.2, -0.15) is 0 Å². The van der Waals surface area contributed by atoms with Crippen LogP contribution in [0, 0.1) is 0 Å². The number of para-hydroxylation sites is 1. The predicted molar refractivity (Wildman–Crippen MR) is 121 cm³/mol. The first-order chi connectivity index (χ1) is 14.9. The third kappa shape index (κ3) is 5.30. The van der Waals surface area contributed by atoms with E-state index in [1.54, 1.807) is 12.1 Å². The molecule has 1 aliphatic heterocycles. The highest BCUT2D eigenvalue weighted by Gasteiger charge is 2.20. The van der Waals surface area contributed by atoms with Gasteiger partial charge in [0.15, 0.2) is 5.58 Å². The van der Waals surface area contributed by atoms with Gasteiger partial charge in [-0.05, 0) is 49.7 Å². The summed E-state index contributed by atoms with van der Waals surface area (Å²) in [6.07, 6.45) is 1.66. The van der Waals surface area contributed by atoms with Gasteiger partial charge in [-0.3, -0.25) is 9.88 Å². The molecule has 31 heavy (non-hydrogen) atoms. The lowest BCUT2D eigenvalue weighted by atomic mass is 10.2. The van der Waals surface area contributed by atoms with Crippen LogP contribution in [0.4, 0.5) is 5.69 Å². The van der Waals surface area contributed by atoms with Crippen molar-refractivity contribution in [3.05, 3.63) is 58.0 Å². The maximum atomic E-state index is 12.3. The number of anilines is 1. The molecule has 2 N–H and O–H groups in total. The van der Waals surface area contributed by atoms with E-state index in [0.29, 0.717) is 22.7 Å². The molecule has 1 aromatic heterocycles. The molecule has 2 heterocycles. The molecule has 2 aromatic carbocycles. The molecule has 0 bridgehead atoms. The molecule has 8 nitrogen and oxygen atoms in total. The summed E-state index contributed by atoms with van der Waals surface area (Å²) in [5.41, 5.74) is 2.25. The molecule has 0 amide bonds. The number of benzene rings is 2. The normalized spacial score (nSPS) is 15.6. The second-order valence-electron chi connectivity index (χ2n) is 7.56. The number of aromatic nitrogens is 1. The molecule has 0 radical (unpaired) electrons. The van der Waals surface area contributed by atoms with Gasteiger partial charge in [0.05, 0.1) is 16.1 Å². The fourth-order valence-corrected chi connectivity index (χ4v) is 5.18. The van der Waals surface area contributed by atoms with E-state index >= 15 is 0 Å². The van der Waals surface area contributed by atoms with Crippen LogP contribution >= 0.6 is 11.6 Å². The van der Waals surface area contributed by atoms with Crippen LogP contribution < -0.4 is 15.4 Å². The minimum absolute atomic E-state index is 0.185. The number of unbranched alkanes of at least 4 members (excludes halogenated alkanes) is 1. The Bertz CT molecular complexity index is 1200. The Morgan fingerprint density at radius 1 is 1.06 bits per heavy atom. The third-order valence-electron chi connectivity index (χ3n) is 5.44. The molecule has 0 spiro atoms. The van der Waals surface area contributed by atoms with Gasteiger partial charge in [-0.1, -0.05) is 23.7 Å². The number of oxazole rings is 1. The van der Waals surface area contributed by atoms with Crippen molar-refractivity contribution >= 4 is 38.4 Å². The molecule has 10 heteroatoms. The van der Waals surface area contributed by atoms with E-state index in [2.05, 4.69) is 19.5 Å². The Labute approximate surface area is 185 Å². The Balaban J connectivity index is 1.21. The second kappa shape index (κ2) is 9.44. The van der Waals surface area contributed by atoms with Crippen molar-refractivity contribution in [2.75, 3.05) is 44.2 Å². The Morgan fingerprint density at radius 2 is 1.84 bits per heavy atom. The topological polar surface area (TPSA) is 98.6 Å². The zero-order chi connectivity index (χ0) is 21.8. The van der Waals surface area contributed by atoms with E-state index in [9.17, 15) is 13.2 Å². The molecule has 0 atom stereocenters. The number of sulfonamides is 1. The molecule has 166 valence electrons. The molecule has 1 saturated heterocycles. The van der Waals surface area contributed by atoms with E-state index in [4.69, 9.17) is 16.0 Å². The highest BCUT2D eigenvalue weighted by molar-refractivity contribution is 7.89. The quantitative estimate of drug-likeness (QED) is 0.497. The number of nitrogens with zero attached hydrogens (tertiary/aromatic N) is 2. The minimum atomic E-state index is -3.53. The number of aromatic amines is 1. The number of hydrogen-bond donors (Lipinski definition) is 2. The molecule has 0 aliphatic carbocycles. The summed E-state index contributed by atoms with van der Waals surface area (Å²) in [5.74, 6) is -0.438. The van der Waals surface area contributed by atoms with Crippen molar-refractivity contribution < 1.29 is 12.8 Å². The lowest BCUT2D eigenvalue weighted by Crippen LogP contribution is -2.46. The predicted octanol–water partition coefficient (Wildman–Crippen LogP) is 2.66. The van der Waals surface area contributed by atoms with Crippen LogP contribution in [-0.2, 0) is 10.0 Å². The van der Waals surface area contributed by atoms with Crippen LogP contribution in [0.3, 0.4) is 0 Å². The van der Waals surface area contributed by atoms with Crippen molar-refractivity contribution in [2.45, 2.75) is 17.7 Å². The summed E-state index contributed by atoms with van der Waals surface area (Å²) in [6, 6.07) is 12.0. The molecule has 1 fully saturated rings. The number of piperazine rings is 1. The van der Waals surface area contributed by atoms with E-state index in [1.807, 2.05) is 18.2 Å². The first-order valence-electron chi connectivity index (χ1n) is 10.3. The van der Waals surface area contributed by atoms with Gasteiger partial charge >= 0.3 is 5.76 Å². The molecule has 0 unspecified atom stereocenters. The molecular weight excluding hydrogens is 440 g/mol. The van der Waals surface area contributed by atoms with Crippen molar-refractivity contribution in [2.24, 2.45) is 0 Å². The molecule has 0 saturated carbocycles. The average molecular weight is 465 g/mol. The number of fused-ring (bicyclic) bond motifs is 1. The van der Waals surface area contributed by atoms with E-state index < -0.39 is 15.8 Å². The lowest BCUT2D eigenvalue weighted by Gasteiger charge is -2.36. The van der Waals surface area contributed by atoms with Crippen LogP contribution in [-0.4, -0.2) is 57.6 Å². The van der Waals surface area contributed by atoms with Gasteiger partial charge in [0.1, 0.15) is 0 Å². The van der Waals surface area contributed by atoms with E-state index in [1.165, 1.54) is 12.1 Å². The first-order valence-corrected chi connectivity index (χ1v) is 12.1. The van der Waals surface area contributed by atoms with Crippen molar-refractivity contribution in [1.29, 1.82) is 0 Å². The van der Waals surface area contributed by atoms with Gasteiger partial charge in [0, 0.05) is 37.7 Å². The first kappa shape index (κ1) is 21.9. The van der Waals surface area contributed by atoms with Gasteiger partial charge in [-0.15, -0.1) is 0 Å². The smallest absolute Gasteiger partial charge is 0.406 e. The fourth-order valence-electron chi connectivity index (χ4n) is 3.80. The van der Waals surface area contributed by atoms with Crippen LogP contribution in [0.1, 0.15) is 12.8 Å². The Kier molecular flexibility index (Phi) is 6.66. The summed E-state index contributed by atoms with van der Waals surface area (Å²) in [6.45, 7) is 4.79. The number of rotatable bonds is 8. The zero-order valence-corrected chi connectivity index (χ0v) is 18.6. The maximum Gasteiger partial charge on any atom is 0.417 e. The van der Waals surface area contributed by atoms with Crippen LogP contribution in [0.25, 0.3) is 11.1 Å². The van der Waals surface area contributed by atoms with Gasteiger partial charge < -0.3 is 9.32 Å². The standard InChI is InChI=1S/C21H25ClN4O4S/c22-16-5-3-6-17(15-16)31(28,29)23-9-1-2-10-25-11-13-26(14-12-25)19-8-4-7-18-20(19)30-21(27)24-18/h3-8,15,23H,1-2,9-14H2,(H,24,27).